The van der Waals surface area contributed by atoms with Crippen LogP contribution in [0.5, 0.6) is 0 Å². The fourth-order valence-corrected chi connectivity index (χ4v) is 14.2. The highest BCUT2D eigenvalue weighted by atomic mass is 32.2. The van der Waals surface area contributed by atoms with Gasteiger partial charge in [-0.2, -0.15) is 0 Å². The fourth-order valence-electron chi connectivity index (χ4n) is 12.3. The molecule has 1 aliphatic carbocycles. The van der Waals surface area contributed by atoms with Crippen LogP contribution in [0.2, 0.25) is 0 Å². The van der Waals surface area contributed by atoms with Crippen LogP contribution >= 0.6 is 0 Å². The molecule has 0 bridgehead atoms. The third kappa shape index (κ3) is 11.2. The van der Waals surface area contributed by atoms with Crippen molar-refractivity contribution in [3.05, 3.63) is 71.6 Å². The number of methoxy groups -OCH3 is 1. The number of rotatable bonds is 17. The van der Waals surface area contributed by atoms with Gasteiger partial charge in [0, 0.05) is 102 Å². The van der Waals surface area contributed by atoms with Gasteiger partial charge < -0.3 is 24.8 Å². The van der Waals surface area contributed by atoms with E-state index in [1.165, 1.54) is 39.4 Å². The summed E-state index contributed by atoms with van der Waals surface area (Å²) in [6.07, 6.45) is 12.0. The van der Waals surface area contributed by atoms with E-state index < -0.39 is 26.7 Å². The van der Waals surface area contributed by atoms with E-state index >= 15 is 4.39 Å². The maximum Gasteiger partial charge on any atom is 0.305 e. The SMILES string of the molecule is COC(=O)C[C@H]1CCC[C@@H]1[C@](CNC(C)=O)(c1cccc(F)c1)C1CCN(CC2CN(c3ccc(S(=O)(=O)C4CN(C(=O)/C=C/CN5CCCCC5)C4)c(CN4CCC(F)CC4)c3)C2)CC1. The van der Waals surface area contributed by atoms with E-state index in [-0.39, 0.29) is 54.4 Å². The summed E-state index contributed by atoms with van der Waals surface area (Å²) in [5.41, 5.74) is 2.08. The Morgan fingerprint density at radius 3 is 2.27 bits per heavy atom. The van der Waals surface area contributed by atoms with Crippen molar-refractivity contribution < 1.29 is 36.3 Å². The molecule has 5 saturated heterocycles. The van der Waals surface area contributed by atoms with Crippen molar-refractivity contribution in [2.45, 2.75) is 106 Å². The number of halogens is 2. The first-order chi connectivity index (χ1) is 31.8. The summed E-state index contributed by atoms with van der Waals surface area (Å²) in [5, 5.41) is 2.49. The van der Waals surface area contributed by atoms with Gasteiger partial charge in [-0.25, -0.2) is 17.2 Å². The summed E-state index contributed by atoms with van der Waals surface area (Å²) in [4.78, 5) is 49.4. The van der Waals surface area contributed by atoms with Crippen LogP contribution in [0.4, 0.5) is 14.5 Å². The van der Waals surface area contributed by atoms with Crippen molar-refractivity contribution in [1.29, 1.82) is 0 Å². The normalized spacial score (nSPS) is 24.5. The standard InChI is InChI=1S/C51H72F2N6O6S/c1-37(60)54-36-51(42-10-7-11-44(53)29-42,47-12-6-9-39(47)28-50(62)65-2)41-16-23-56(24-17-41)30-38-31-58(32-38)45-14-15-48(40(27-45)33-57-25-18-43(52)19-26-57)66(63,64)46-34-59(35-46)49(61)13-8-22-55-20-4-3-5-21-55/h7-8,10-11,13-15,27,29,38-39,41,43,46-47H,3-6,9,12,16-26,28,30-36H2,1-2H3,(H,54,60)/b13-8+/t39-,47+,51+/m1/s1. The lowest BCUT2D eigenvalue weighted by Crippen LogP contribution is -2.56. The molecule has 1 N–H and O–H groups in total. The Hall–Kier alpha value is -3.92. The molecule has 5 heterocycles. The zero-order valence-corrected chi connectivity index (χ0v) is 40.0. The lowest BCUT2D eigenvalue weighted by atomic mass is 9.57. The van der Waals surface area contributed by atoms with Gasteiger partial charge in [0.25, 0.3) is 0 Å². The number of nitrogens with zero attached hydrogens (tertiary/aromatic N) is 5. The van der Waals surface area contributed by atoms with Crippen LogP contribution in [0.15, 0.2) is 59.5 Å². The molecule has 362 valence electrons. The van der Waals surface area contributed by atoms with Gasteiger partial charge in [-0.1, -0.05) is 31.1 Å². The summed E-state index contributed by atoms with van der Waals surface area (Å²) in [6, 6.07) is 12.6. The van der Waals surface area contributed by atoms with E-state index in [9.17, 15) is 27.2 Å². The highest BCUT2D eigenvalue weighted by molar-refractivity contribution is 7.92. The number of nitrogens with one attached hydrogen (secondary N) is 1. The predicted octanol–water partition coefficient (Wildman–Crippen LogP) is 5.99. The first-order valence-electron chi connectivity index (χ1n) is 24.8. The molecule has 0 radical (unpaired) electrons. The van der Waals surface area contributed by atoms with Crippen LogP contribution in [-0.4, -0.2) is 149 Å². The van der Waals surface area contributed by atoms with Gasteiger partial charge in [0.1, 0.15) is 17.2 Å². The second-order valence-electron chi connectivity index (χ2n) is 20.3. The largest absolute Gasteiger partial charge is 0.469 e. The molecule has 3 atom stereocenters. The molecule has 5 aliphatic heterocycles. The topological polar surface area (TPSA) is 123 Å². The zero-order chi connectivity index (χ0) is 46.4. The van der Waals surface area contributed by atoms with Crippen LogP contribution in [0.25, 0.3) is 0 Å². The molecule has 8 rings (SSSR count). The van der Waals surface area contributed by atoms with Gasteiger partial charge in [0.15, 0.2) is 9.84 Å². The maximum atomic E-state index is 15.1. The fraction of sp³-hybridized carbons (Fsp3) is 0.667. The highest BCUT2D eigenvalue weighted by Gasteiger charge is 2.52. The second kappa shape index (κ2) is 21.6. The molecule has 2 amide bonds. The van der Waals surface area contributed by atoms with E-state index in [1.54, 1.807) is 29.2 Å². The van der Waals surface area contributed by atoms with Gasteiger partial charge in [-0.15, -0.1) is 0 Å². The van der Waals surface area contributed by atoms with Crippen molar-refractivity contribution in [3.63, 3.8) is 0 Å². The van der Waals surface area contributed by atoms with Gasteiger partial charge in [0.2, 0.25) is 11.8 Å². The highest BCUT2D eigenvalue weighted by Crippen LogP contribution is 2.53. The zero-order valence-electron chi connectivity index (χ0n) is 39.2. The minimum Gasteiger partial charge on any atom is -0.469 e. The molecule has 6 fully saturated rings. The van der Waals surface area contributed by atoms with Crippen molar-refractivity contribution >= 4 is 33.3 Å². The number of anilines is 1. The Labute approximate surface area is 391 Å². The molecule has 66 heavy (non-hydrogen) atoms. The van der Waals surface area contributed by atoms with Crippen molar-refractivity contribution in [3.8, 4) is 0 Å². The number of sulfone groups is 1. The van der Waals surface area contributed by atoms with Gasteiger partial charge in [0.05, 0.1) is 12.0 Å². The van der Waals surface area contributed by atoms with Gasteiger partial charge in [-0.05, 0) is 137 Å². The third-order valence-corrected chi connectivity index (χ3v) is 18.2. The van der Waals surface area contributed by atoms with Crippen LogP contribution in [0.3, 0.4) is 0 Å². The van der Waals surface area contributed by atoms with Gasteiger partial charge >= 0.3 is 5.97 Å². The van der Waals surface area contributed by atoms with E-state index in [4.69, 9.17) is 4.74 Å². The summed E-state index contributed by atoms with van der Waals surface area (Å²) in [6.45, 7) is 11.0. The third-order valence-electron chi connectivity index (χ3n) is 16.1. The molecular weight excluding hydrogens is 863 g/mol. The van der Waals surface area contributed by atoms with Crippen molar-refractivity contribution in [2.24, 2.45) is 23.7 Å². The molecule has 12 nitrogen and oxygen atoms in total. The quantitative estimate of drug-likeness (QED) is 0.150. The van der Waals surface area contributed by atoms with Crippen LogP contribution in [0, 0.1) is 29.5 Å². The number of ether oxygens (including phenoxy) is 1. The van der Waals surface area contributed by atoms with Crippen molar-refractivity contribution in [1.82, 2.24) is 24.9 Å². The second-order valence-corrected chi connectivity index (χ2v) is 22.5. The number of likely N-dealkylation sites (tertiary alicyclic amines) is 4. The molecule has 2 aromatic rings. The number of carbonyl (C=O) groups excluding carboxylic acids is 3. The summed E-state index contributed by atoms with van der Waals surface area (Å²) in [7, 11) is -2.31. The van der Waals surface area contributed by atoms with E-state index in [1.807, 2.05) is 24.3 Å². The molecular formula is C51H72F2N6O6S. The average molecular weight is 935 g/mol. The Kier molecular flexibility index (Phi) is 15.9. The first-order valence-corrected chi connectivity index (χ1v) is 26.3. The number of amides is 2. The molecule has 15 heteroatoms. The maximum absolute atomic E-state index is 15.1. The monoisotopic (exact) mass is 935 g/mol. The lowest BCUT2D eigenvalue weighted by Gasteiger charge is -2.51. The Morgan fingerprint density at radius 2 is 1.58 bits per heavy atom. The van der Waals surface area contributed by atoms with Gasteiger partial charge in [-0.3, -0.25) is 24.2 Å². The summed E-state index contributed by atoms with van der Waals surface area (Å²) < 4.78 is 62.8. The number of esters is 1. The minimum atomic E-state index is -3.73. The number of carbonyl (C=O) groups is 3. The molecule has 2 aromatic carbocycles. The molecule has 1 saturated carbocycles. The van der Waals surface area contributed by atoms with Crippen LogP contribution in [-0.2, 0) is 40.9 Å². The van der Waals surface area contributed by atoms with Crippen molar-refractivity contribution in [2.75, 3.05) is 97.1 Å². The van der Waals surface area contributed by atoms with E-state index in [0.29, 0.717) is 56.3 Å². The first kappa shape index (κ1) is 48.5. The summed E-state index contributed by atoms with van der Waals surface area (Å²) >= 11 is 0. The van der Waals surface area contributed by atoms with E-state index in [2.05, 4.69) is 24.9 Å². The summed E-state index contributed by atoms with van der Waals surface area (Å²) in [5.74, 6) is -0.0557. The predicted molar refractivity (Wildman–Crippen MR) is 252 cm³/mol. The minimum absolute atomic E-state index is 0.0753. The number of hydrogen-bond acceptors (Lipinski definition) is 10. The molecule has 6 aliphatic rings. The molecule has 0 unspecified atom stereocenters. The average Bonchev–Trinajstić information content (AvgIpc) is 3.74. The number of piperidine rings is 3. The Bertz CT molecular complexity index is 2140. The lowest BCUT2D eigenvalue weighted by molar-refractivity contribution is -0.142. The Morgan fingerprint density at radius 1 is 0.848 bits per heavy atom. The number of hydrogen-bond donors (Lipinski definition) is 1. The smallest absolute Gasteiger partial charge is 0.305 e. The number of benzene rings is 2. The van der Waals surface area contributed by atoms with Crippen LogP contribution in [0.1, 0.15) is 88.7 Å². The van der Waals surface area contributed by atoms with Crippen LogP contribution < -0.4 is 10.2 Å². The molecule has 0 aromatic heterocycles. The van der Waals surface area contributed by atoms with E-state index in [0.717, 1.165) is 101 Å². The Balaban J connectivity index is 0.909. The molecule has 0 spiro atoms. The number of alkyl halides is 1.